The number of amides is 1. The smallest absolute Gasteiger partial charge is 0.223 e. The Morgan fingerprint density at radius 1 is 1.65 bits per heavy atom. The van der Waals surface area contributed by atoms with Crippen LogP contribution < -0.4 is 10.6 Å². The lowest BCUT2D eigenvalue weighted by molar-refractivity contribution is -0.126. The third-order valence-electron chi connectivity index (χ3n) is 3.49. The molecule has 1 aliphatic heterocycles. The highest BCUT2D eigenvalue weighted by molar-refractivity contribution is 5.78. The molecular formula is C13H21N3O. The minimum Gasteiger partial charge on any atom is -0.353 e. The molecule has 17 heavy (non-hydrogen) atoms. The first-order chi connectivity index (χ1) is 8.16. The molecule has 0 radical (unpaired) electrons. The molecule has 0 spiro atoms. The summed E-state index contributed by atoms with van der Waals surface area (Å²) < 4.78 is 2.03. The van der Waals surface area contributed by atoms with Crippen LogP contribution >= 0.6 is 0 Å². The van der Waals surface area contributed by atoms with E-state index in [1.807, 2.05) is 29.9 Å². The molecule has 1 aromatic heterocycles. The summed E-state index contributed by atoms with van der Waals surface area (Å²) in [4.78, 5) is 12.0. The second-order valence-corrected chi connectivity index (χ2v) is 4.90. The van der Waals surface area contributed by atoms with E-state index in [2.05, 4.69) is 17.6 Å². The average Bonchev–Trinajstić information content (AvgIpc) is 2.72. The fourth-order valence-corrected chi connectivity index (χ4v) is 2.37. The molecule has 2 heterocycles. The molecule has 4 heteroatoms. The first-order valence-electron chi connectivity index (χ1n) is 6.28. The lowest BCUT2D eigenvalue weighted by Gasteiger charge is -2.27. The zero-order valence-corrected chi connectivity index (χ0v) is 10.6. The van der Waals surface area contributed by atoms with Crippen molar-refractivity contribution in [3.63, 3.8) is 0 Å². The second kappa shape index (κ2) is 5.36. The van der Waals surface area contributed by atoms with Crippen molar-refractivity contribution in [2.45, 2.75) is 32.4 Å². The molecule has 0 saturated carbocycles. The third-order valence-corrected chi connectivity index (χ3v) is 3.49. The summed E-state index contributed by atoms with van der Waals surface area (Å²) in [6.45, 7) is 3.71. The van der Waals surface area contributed by atoms with Gasteiger partial charge < -0.3 is 15.2 Å². The SMILES string of the molecule is CC1CC(C(=O)NCc2cccn2C)CCN1. The number of rotatable bonds is 3. The van der Waals surface area contributed by atoms with E-state index in [-0.39, 0.29) is 11.8 Å². The first kappa shape index (κ1) is 12.2. The minimum absolute atomic E-state index is 0.173. The highest BCUT2D eigenvalue weighted by Gasteiger charge is 2.24. The Hall–Kier alpha value is -1.29. The summed E-state index contributed by atoms with van der Waals surface area (Å²) in [5.74, 6) is 0.367. The number of carbonyl (C=O) groups is 1. The molecular weight excluding hydrogens is 214 g/mol. The van der Waals surface area contributed by atoms with Crippen LogP contribution in [0.5, 0.6) is 0 Å². The Labute approximate surface area is 102 Å². The molecule has 2 N–H and O–H groups in total. The van der Waals surface area contributed by atoms with Gasteiger partial charge in [0.2, 0.25) is 5.91 Å². The van der Waals surface area contributed by atoms with Gasteiger partial charge in [-0.05, 0) is 38.4 Å². The molecule has 2 atom stereocenters. The lowest BCUT2D eigenvalue weighted by Crippen LogP contribution is -2.42. The van der Waals surface area contributed by atoms with Crippen molar-refractivity contribution in [1.29, 1.82) is 0 Å². The molecule has 2 unspecified atom stereocenters. The van der Waals surface area contributed by atoms with Crippen LogP contribution in [-0.4, -0.2) is 23.1 Å². The normalized spacial score (nSPS) is 24.6. The van der Waals surface area contributed by atoms with Gasteiger partial charge in [0.25, 0.3) is 0 Å². The minimum atomic E-state index is 0.173. The maximum Gasteiger partial charge on any atom is 0.223 e. The van der Waals surface area contributed by atoms with E-state index in [1.54, 1.807) is 0 Å². The number of nitrogens with one attached hydrogen (secondary N) is 2. The van der Waals surface area contributed by atoms with Crippen molar-refractivity contribution in [3.8, 4) is 0 Å². The number of aryl methyl sites for hydroxylation is 1. The van der Waals surface area contributed by atoms with Gasteiger partial charge in [0.05, 0.1) is 6.54 Å². The third kappa shape index (κ3) is 3.09. The van der Waals surface area contributed by atoms with E-state index in [0.29, 0.717) is 12.6 Å². The van der Waals surface area contributed by atoms with Crippen LogP contribution in [0.15, 0.2) is 18.3 Å². The van der Waals surface area contributed by atoms with Gasteiger partial charge in [0.15, 0.2) is 0 Å². The van der Waals surface area contributed by atoms with Gasteiger partial charge in [-0.3, -0.25) is 4.79 Å². The van der Waals surface area contributed by atoms with E-state index >= 15 is 0 Å². The van der Waals surface area contributed by atoms with Crippen molar-refractivity contribution in [1.82, 2.24) is 15.2 Å². The molecule has 1 aliphatic rings. The maximum absolute atomic E-state index is 12.0. The molecule has 1 fully saturated rings. The number of piperidine rings is 1. The summed E-state index contributed by atoms with van der Waals surface area (Å²) in [6, 6.07) is 4.48. The van der Waals surface area contributed by atoms with Crippen LogP contribution in [-0.2, 0) is 18.4 Å². The summed E-state index contributed by atoms with van der Waals surface area (Å²) in [6.07, 6.45) is 3.89. The van der Waals surface area contributed by atoms with Crippen molar-refractivity contribution >= 4 is 5.91 Å². The summed E-state index contributed by atoms with van der Waals surface area (Å²) in [5, 5.41) is 6.39. The summed E-state index contributed by atoms with van der Waals surface area (Å²) in [7, 11) is 1.99. The molecule has 0 aliphatic carbocycles. The van der Waals surface area contributed by atoms with E-state index in [1.165, 1.54) is 0 Å². The fourth-order valence-electron chi connectivity index (χ4n) is 2.37. The monoisotopic (exact) mass is 235 g/mol. The van der Waals surface area contributed by atoms with E-state index in [9.17, 15) is 4.79 Å². The average molecular weight is 235 g/mol. The van der Waals surface area contributed by atoms with Crippen molar-refractivity contribution in [2.75, 3.05) is 6.54 Å². The standard InChI is InChI=1S/C13H21N3O/c1-10-8-11(5-6-14-10)13(17)15-9-12-4-3-7-16(12)2/h3-4,7,10-11,14H,5-6,8-9H2,1-2H3,(H,15,17). The largest absolute Gasteiger partial charge is 0.353 e. The number of hydrogen-bond acceptors (Lipinski definition) is 2. The van der Waals surface area contributed by atoms with E-state index in [4.69, 9.17) is 0 Å². The molecule has 4 nitrogen and oxygen atoms in total. The van der Waals surface area contributed by atoms with Gasteiger partial charge in [-0.15, -0.1) is 0 Å². The predicted molar refractivity (Wildman–Crippen MR) is 67.4 cm³/mol. The van der Waals surface area contributed by atoms with Crippen molar-refractivity contribution < 1.29 is 4.79 Å². The Morgan fingerprint density at radius 3 is 3.12 bits per heavy atom. The van der Waals surface area contributed by atoms with E-state index in [0.717, 1.165) is 25.1 Å². The van der Waals surface area contributed by atoms with Gasteiger partial charge in [-0.1, -0.05) is 0 Å². The number of nitrogens with zero attached hydrogens (tertiary/aromatic N) is 1. The molecule has 1 saturated heterocycles. The van der Waals surface area contributed by atoms with Crippen LogP contribution in [0.25, 0.3) is 0 Å². The number of aromatic nitrogens is 1. The maximum atomic E-state index is 12.0. The quantitative estimate of drug-likeness (QED) is 0.822. The topological polar surface area (TPSA) is 46.1 Å². The molecule has 0 bridgehead atoms. The highest BCUT2D eigenvalue weighted by Crippen LogP contribution is 2.16. The van der Waals surface area contributed by atoms with E-state index < -0.39 is 0 Å². The van der Waals surface area contributed by atoms with Gasteiger partial charge >= 0.3 is 0 Å². The molecule has 94 valence electrons. The van der Waals surface area contributed by atoms with Crippen LogP contribution in [0.1, 0.15) is 25.5 Å². The Kier molecular flexibility index (Phi) is 3.84. The van der Waals surface area contributed by atoms with Crippen LogP contribution in [0, 0.1) is 5.92 Å². The molecule has 1 amide bonds. The Morgan fingerprint density at radius 2 is 2.47 bits per heavy atom. The van der Waals surface area contributed by atoms with Crippen LogP contribution in [0.2, 0.25) is 0 Å². The first-order valence-corrected chi connectivity index (χ1v) is 6.28. The molecule has 1 aromatic rings. The van der Waals surface area contributed by atoms with Crippen LogP contribution in [0.4, 0.5) is 0 Å². The van der Waals surface area contributed by atoms with Gasteiger partial charge in [0, 0.05) is 30.9 Å². The van der Waals surface area contributed by atoms with Gasteiger partial charge in [-0.2, -0.15) is 0 Å². The number of carbonyl (C=O) groups excluding carboxylic acids is 1. The van der Waals surface area contributed by atoms with Gasteiger partial charge in [0.1, 0.15) is 0 Å². The lowest BCUT2D eigenvalue weighted by atomic mass is 9.92. The zero-order valence-electron chi connectivity index (χ0n) is 10.6. The van der Waals surface area contributed by atoms with Crippen molar-refractivity contribution in [2.24, 2.45) is 13.0 Å². The Balaban J connectivity index is 1.83. The zero-order chi connectivity index (χ0) is 12.3. The number of hydrogen-bond donors (Lipinski definition) is 2. The molecule has 2 rings (SSSR count). The highest BCUT2D eigenvalue weighted by atomic mass is 16.1. The Bertz CT molecular complexity index is 386. The fraction of sp³-hybridized carbons (Fsp3) is 0.615. The van der Waals surface area contributed by atoms with Crippen LogP contribution in [0.3, 0.4) is 0 Å². The second-order valence-electron chi connectivity index (χ2n) is 4.90. The summed E-state index contributed by atoms with van der Waals surface area (Å²) >= 11 is 0. The van der Waals surface area contributed by atoms with Gasteiger partial charge in [-0.25, -0.2) is 0 Å². The summed E-state index contributed by atoms with van der Waals surface area (Å²) in [5.41, 5.74) is 1.14. The van der Waals surface area contributed by atoms with Crippen molar-refractivity contribution in [3.05, 3.63) is 24.0 Å². The molecule has 0 aromatic carbocycles. The predicted octanol–water partition coefficient (Wildman–Crippen LogP) is 1.03.